The van der Waals surface area contributed by atoms with E-state index in [1.165, 1.54) is 19.3 Å². The number of aliphatic carboxylic acids is 1. The topological polar surface area (TPSA) is 49.8 Å². The largest absolute Gasteiger partial charge is 0.481 e. The fraction of sp³-hybridized carbons (Fsp3) is 0.929. The van der Waals surface area contributed by atoms with E-state index in [-0.39, 0.29) is 12.0 Å². The summed E-state index contributed by atoms with van der Waals surface area (Å²) in [4.78, 5) is 13.7. The van der Waals surface area contributed by atoms with E-state index in [2.05, 4.69) is 18.7 Å². The molecule has 0 bridgehead atoms. The van der Waals surface area contributed by atoms with E-state index in [4.69, 9.17) is 4.74 Å². The van der Waals surface area contributed by atoms with Crippen molar-refractivity contribution in [3.63, 3.8) is 0 Å². The molecular formula is C14H25NO3. The molecule has 4 atom stereocenters. The van der Waals surface area contributed by atoms with Crippen LogP contribution in [0.3, 0.4) is 0 Å². The molecular weight excluding hydrogens is 230 g/mol. The molecule has 1 aliphatic carbocycles. The summed E-state index contributed by atoms with van der Waals surface area (Å²) in [5.74, 6) is -0.267. The molecule has 2 fully saturated rings. The Morgan fingerprint density at radius 1 is 1.39 bits per heavy atom. The predicted molar refractivity (Wildman–Crippen MR) is 69.5 cm³/mol. The van der Waals surface area contributed by atoms with Crippen molar-refractivity contribution < 1.29 is 14.6 Å². The number of rotatable bonds is 5. The molecule has 0 radical (unpaired) electrons. The second-order valence-corrected chi connectivity index (χ2v) is 5.86. The molecule has 1 N–H and O–H groups in total. The van der Waals surface area contributed by atoms with Gasteiger partial charge < -0.3 is 9.84 Å². The van der Waals surface area contributed by atoms with Crippen LogP contribution in [0.1, 0.15) is 39.5 Å². The van der Waals surface area contributed by atoms with Gasteiger partial charge in [0.15, 0.2) is 0 Å². The Kier molecular flexibility index (Phi) is 4.62. The number of ether oxygens (including phenoxy) is 1. The highest BCUT2D eigenvalue weighted by Crippen LogP contribution is 2.33. The van der Waals surface area contributed by atoms with Gasteiger partial charge in [-0.25, -0.2) is 0 Å². The quantitative estimate of drug-likeness (QED) is 0.816. The zero-order valence-electron chi connectivity index (χ0n) is 11.5. The Labute approximate surface area is 109 Å². The van der Waals surface area contributed by atoms with E-state index in [0.717, 1.165) is 18.9 Å². The fourth-order valence-corrected chi connectivity index (χ4v) is 3.46. The lowest BCUT2D eigenvalue weighted by atomic mass is 9.99. The normalized spacial score (nSPS) is 36.4. The zero-order chi connectivity index (χ0) is 13.1. The van der Waals surface area contributed by atoms with Gasteiger partial charge in [0, 0.05) is 12.1 Å². The van der Waals surface area contributed by atoms with E-state index in [0.29, 0.717) is 19.3 Å². The molecule has 0 amide bonds. The van der Waals surface area contributed by atoms with Gasteiger partial charge in [0.1, 0.15) is 0 Å². The molecule has 4 unspecified atom stereocenters. The minimum absolute atomic E-state index is 0.0812. The van der Waals surface area contributed by atoms with Crippen LogP contribution < -0.4 is 0 Å². The minimum Gasteiger partial charge on any atom is -0.481 e. The van der Waals surface area contributed by atoms with Gasteiger partial charge in [-0.3, -0.25) is 9.69 Å². The number of nitrogens with zero attached hydrogens (tertiary/aromatic N) is 1. The second kappa shape index (κ2) is 6.02. The van der Waals surface area contributed by atoms with Gasteiger partial charge >= 0.3 is 5.97 Å². The fourth-order valence-electron chi connectivity index (χ4n) is 3.46. The number of carboxylic acids is 1. The maximum atomic E-state index is 11.3. The maximum absolute atomic E-state index is 11.3. The summed E-state index contributed by atoms with van der Waals surface area (Å²) in [5, 5.41) is 9.29. The van der Waals surface area contributed by atoms with Crippen LogP contribution >= 0.6 is 0 Å². The molecule has 1 aliphatic heterocycles. The van der Waals surface area contributed by atoms with Gasteiger partial charge in [0.25, 0.3) is 0 Å². The van der Waals surface area contributed by atoms with E-state index in [9.17, 15) is 9.90 Å². The lowest BCUT2D eigenvalue weighted by Crippen LogP contribution is -2.48. The van der Waals surface area contributed by atoms with Gasteiger partial charge in [0.2, 0.25) is 0 Å². The van der Waals surface area contributed by atoms with Crippen LogP contribution in [-0.2, 0) is 9.53 Å². The van der Waals surface area contributed by atoms with Crippen LogP contribution in [0.15, 0.2) is 0 Å². The van der Waals surface area contributed by atoms with Crippen molar-refractivity contribution in [2.75, 3.05) is 19.8 Å². The average Bonchev–Trinajstić information content (AvgIpc) is 2.94. The molecule has 2 aliphatic rings. The average molecular weight is 255 g/mol. The molecule has 0 aromatic heterocycles. The Balaban J connectivity index is 2.06. The van der Waals surface area contributed by atoms with Crippen molar-refractivity contribution in [3.8, 4) is 0 Å². The maximum Gasteiger partial charge on any atom is 0.310 e. The summed E-state index contributed by atoms with van der Waals surface area (Å²) in [6.07, 6.45) is 4.77. The molecule has 1 saturated heterocycles. The number of hydrogen-bond donors (Lipinski definition) is 1. The lowest BCUT2D eigenvalue weighted by molar-refractivity contribution is -0.143. The molecule has 104 valence electrons. The van der Waals surface area contributed by atoms with Gasteiger partial charge in [-0.05, 0) is 38.1 Å². The molecule has 0 spiro atoms. The third-order valence-electron chi connectivity index (χ3n) is 4.41. The SMILES string of the molecule is CCCN(C1CCC(C)C1)C1COCC1C(=O)O. The molecule has 4 heteroatoms. The molecule has 0 aromatic carbocycles. The Hall–Kier alpha value is -0.610. The van der Waals surface area contributed by atoms with Crippen LogP contribution in [-0.4, -0.2) is 47.8 Å². The molecule has 18 heavy (non-hydrogen) atoms. The van der Waals surface area contributed by atoms with Crippen molar-refractivity contribution in [1.82, 2.24) is 4.90 Å². The Morgan fingerprint density at radius 3 is 2.72 bits per heavy atom. The van der Waals surface area contributed by atoms with E-state index < -0.39 is 5.97 Å². The van der Waals surface area contributed by atoms with Crippen molar-refractivity contribution in [2.24, 2.45) is 11.8 Å². The highest BCUT2D eigenvalue weighted by atomic mass is 16.5. The highest BCUT2D eigenvalue weighted by Gasteiger charge is 2.41. The standard InChI is InChI=1S/C14H25NO3/c1-3-6-15(11-5-4-10(2)7-11)13-9-18-8-12(13)14(16)17/h10-13H,3-9H2,1-2H3,(H,16,17). The summed E-state index contributed by atoms with van der Waals surface area (Å²) in [6, 6.07) is 0.645. The van der Waals surface area contributed by atoms with Crippen LogP contribution in [0.4, 0.5) is 0 Å². The van der Waals surface area contributed by atoms with Crippen LogP contribution in [0.25, 0.3) is 0 Å². The molecule has 1 heterocycles. The predicted octanol–water partition coefficient (Wildman–Crippen LogP) is 1.99. The van der Waals surface area contributed by atoms with E-state index in [1.807, 2.05) is 0 Å². The summed E-state index contributed by atoms with van der Waals surface area (Å²) in [6.45, 7) is 6.42. The third kappa shape index (κ3) is 2.86. The highest BCUT2D eigenvalue weighted by molar-refractivity contribution is 5.71. The Morgan fingerprint density at radius 2 is 2.17 bits per heavy atom. The van der Waals surface area contributed by atoms with Crippen molar-refractivity contribution in [1.29, 1.82) is 0 Å². The molecule has 4 nitrogen and oxygen atoms in total. The van der Waals surface area contributed by atoms with Crippen molar-refractivity contribution in [3.05, 3.63) is 0 Å². The number of carbonyl (C=O) groups is 1. The van der Waals surface area contributed by atoms with Gasteiger partial charge in [0.05, 0.1) is 19.1 Å². The number of hydrogen-bond acceptors (Lipinski definition) is 3. The van der Waals surface area contributed by atoms with Crippen LogP contribution in [0.2, 0.25) is 0 Å². The molecule has 0 aromatic rings. The monoisotopic (exact) mass is 255 g/mol. The van der Waals surface area contributed by atoms with Crippen molar-refractivity contribution in [2.45, 2.75) is 51.6 Å². The third-order valence-corrected chi connectivity index (χ3v) is 4.41. The second-order valence-electron chi connectivity index (χ2n) is 5.86. The van der Waals surface area contributed by atoms with Gasteiger partial charge in [-0.2, -0.15) is 0 Å². The summed E-state index contributed by atoms with van der Waals surface area (Å²) < 4.78 is 5.42. The smallest absolute Gasteiger partial charge is 0.310 e. The van der Waals surface area contributed by atoms with Gasteiger partial charge in [-0.1, -0.05) is 13.8 Å². The Bertz CT molecular complexity index is 295. The van der Waals surface area contributed by atoms with Crippen molar-refractivity contribution >= 4 is 5.97 Å². The first kappa shape index (κ1) is 13.8. The summed E-state index contributed by atoms with van der Waals surface area (Å²) >= 11 is 0. The minimum atomic E-state index is -0.704. The summed E-state index contributed by atoms with van der Waals surface area (Å²) in [5.41, 5.74) is 0. The first-order chi connectivity index (χ1) is 8.63. The van der Waals surface area contributed by atoms with Crippen LogP contribution in [0.5, 0.6) is 0 Å². The van der Waals surface area contributed by atoms with E-state index >= 15 is 0 Å². The molecule has 1 saturated carbocycles. The number of carboxylic acid groups (broad SMARTS) is 1. The first-order valence-electron chi connectivity index (χ1n) is 7.19. The molecule has 2 rings (SSSR count). The van der Waals surface area contributed by atoms with Crippen LogP contribution in [0, 0.1) is 11.8 Å². The lowest BCUT2D eigenvalue weighted by Gasteiger charge is -2.35. The van der Waals surface area contributed by atoms with Gasteiger partial charge in [-0.15, -0.1) is 0 Å². The van der Waals surface area contributed by atoms with E-state index in [1.54, 1.807) is 0 Å². The first-order valence-corrected chi connectivity index (χ1v) is 7.19. The zero-order valence-corrected chi connectivity index (χ0v) is 11.5. The summed E-state index contributed by atoms with van der Waals surface area (Å²) in [7, 11) is 0.